The third kappa shape index (κ3) is 6.55. The summed E-state index contributed by atoms with van der Waals surface area (Å²) in [7, 11) is -4.48. The number of alkyl halides is 3. The van der Waals surface area contributed by atoms with Crippen LogP contribution in [0.2, 0.25) is 5.02 Å². The number of anilines is 1. The van der Waals surface area contributed by atoms with Gasteiger partial charge in [0.05, 0.1) is 52.0 Å². The highest BCUT2D eigenvalue weighted by molar-refractivity contribution is 7.92. The second-order valence-corrected chi connectivity index (χ2v) is 11.3. The maximum Gasteiger partial charge on any atom is 0.416 e. The fourth-order valence-electron chi connectivity index (χ4n) is 4.24. The molecule has 2 amide bonds. The number of benzene rings is 2. The average Bonchev–Trinajstić information content (AvgIpc) is 2.90. The lowest BCUT2D eigenvalue weighted by Crippen LogP contribution is -2.53. The number of fused-ring (bicyclic) bond motifs is 4. The highest BCUT2D eigenvalue weighted by Gasteiger charge is 2.33. The molecule has 1 saturated heterocycles. The van der Waals surface area contributed by atoms with Crippen LogP contribution in [0, 0.1) is 0 Å². The van der Waals surface area contributed by atoms with E-state index in [2.05, 4.69) is 5.32 Å². The highest BCUT2D eigenvalue weighted by Crippen LogP contribution is 2.34. The number of morpholine rings is 1. The topological polar surface area (TPSA) is 122 Å². The van der Waals surface area contributed by atoms with Gasteiger partial charge in [-0.05, 0) is 42.8 Å². The summed E-state index contributed by atoms with van der Waals surface area (Å²) in [4.78, 5) is 27.0. The van der Waals surface area contributed by atoms with Gasteiger partial charge in [-0.1, -0.05) is 29.8 Å². The number of sulfonamides is 1. The Hall–Kier alpha value is -3.13. The van der Waals surface area contributed by atoms with Crippen LogP contribution in [0.4, 0.5) is 18.9 Å². The summed E-state index contributed by atoms with van der Waals surface area (Å²) in [6, 6.07) is 6.42. The van der Waals surface area contributed by atoms with Crippen LogP contribution in [0.3, 0.4) is 0 Å². The number of carbonyl (C=O) groups is 2. The SMILES string of the molecule is NC1C/C=C/CN(c2cccc(C(F)(F)F)c2)S(=O)(=O)c2ccc(Cl)c(c2)C(=O)NCC2CN(CCO2)C1=O. The molecule has 2 heterocycles. The molecule has 0 radical (unpaired) electrons. The quantitative estimate of drug-likeness (QED) is 0.496. The zero-order valence-corrected chi connectivity index (χ0v) is 22.1. The minimum Gasteiger partial charge on any atom is -0.373 e. The van der Waals surface area contributed by atoms with E-state index >= 15 is 0 Å². The van der Waals surface area contributed by atoms with Gasteiger partial charge in [0.2, 0.25) is 5.91 Å². The zero-order chi connectivity index (χ0) is 28.4. The smallest absolute Gasteiger partial charge is 0.373 e. The second kappa shape index (κ2) is 11.5. The van der Waals surface area contributed by atoms with Crippen molar-refractivity contribution in [3.63, 3.8) is 0 Å². The van der Waals surface area contributed by atoms with Crippen LogP contribution in [0.15, 0.2) is 59.5 Å². The molecule has 2 atom stereocenters. The van der Waals surface area contributed by atoms with E-state index in [4.69, 9.17) is 22.1 Å². The Morgan fingerprint density at radius 2 is 1.87 bits per heavy atom. The molecule has 2 aromatic rings. The Kier molecular flexibility index (Phi) is 8.54. The molecule has 14 heteroatoms. The standard InChI is InChI=1S/C25H26ClF3N4O5S/c26-21-8-7-19-13-20(21)23(34)31-14-18-15-32(10-11-38-18)24(35)22(30)6-1-2-9-33(39(19,36)37)17-5-3-4-16(12-17)25(27,28)29/h1-5,7-8,12-13,18,22H,6,9-11,14-15,30H2,(H,31,34)/b2-1+. The van der Waals surface area contributed by atoms with Crippen molar-refractivity contribution in [3.05, 3.63) is 70.8 Å². The number of hydrogen-bond acceptors (Lipinski definition) is 6. The molecule has 4 rings (SSSR count). The van der Waals surface area contributed by atoms with E-state index in [0.29, 0.717) is 6.54 Å². The van der Waals surface area contributed by atoms with E-state index in [1.165, 1.54) is 35.3 Å². The molecule has 0 aliphatic carbocycles. The number of nitrogens with zero attached hydrogens (tertiary/aromatic N) is 2. The number of hydrogen-bond donors (Lipinski definition) is 2. The molecular formula is C25H26ClF3N4O5S. The first-order valence-corrected chi connectivity index (χ1v) is 13.8. The van der Waals surface area contributed by atoms with Gasteiger partial charge in [-0.15, -0.1) is 0 Å². The molecular weight excluding hydrogens is 561 g/mol. The van der Waals surface area contributed by atoms with Crippen LogP contribution < -0.4 is 15.4 Å². The lowest BCUT2D eigenvalue weighted by atomic mass is 10.1. The summed E-state index contributed by atoms with van der Waals surface area (Å²) in [5, 5.41) is 2.61. The minimum atomic E-state index is -4.71. The van der Waals surface area contributed by atoms with Crippen LogP contribution in [0.25, 0.3) is 0 Å². The summed E-state index contributed by atoms with van der Waals surface area (Å²) in [5.74, 6) is -1.03. The van der Waals surface area contributed by atoms with E-state index < -0.39 is 39.8 Å². The van der Waals surface area contributed by atoms with E-state index in [1.807, 2.05) is 0 Å². The van der Waals surface area contributed by atoms with Gasteiger partial charge in [0, 0.05) is 19.6 Å². The molecule has 0 aromatic heterocycles. The fraction of sp³-hybridized carbons (Fsp3) is 0.360. The van der Waals surface area contributed by atoms with Gasteiger partial charge in [-0.25, -0.2) is 8.42 Å². The molecule has 0 saturated carbocycles. The molecule has 210 valence electrons. The first-order chi connectivity index (χ1) is 18.4. The Labute approximate surface area is 228 Å². The van der Waals surface area contributed by atoms with Gasteiger partial charge in [-0.3, -0.25) is 13.9 Å². The molecule has 2 aliphatic rings. The van der Waals surface area contributed by atoms with Crippen molar-refractivity contribution in [1.29, 1.82) is 0 Å². The van der Waals surface area contributed by atoms with Gasteiger partial charge in [0.15, 0.2) is 0 Å². The number of rotatable bonds is 1. The molecule has 2 aliphatic heterocycles. The molecule has 1 fully saturated rings. The number of carbonyl (C=O) groups excluding carboxylic acids is 2. The molecule has 4 bridgehead atoms. The zero-order valence-electron chi connectivity index (χ0n) is 20.5. The van der Waals surface area contributed by atoms with E-state index in [-0.39, 0.29) is 59.7 Å². The lowest BCUT2D eigenvalue weighted by molar-refractivity contribution is -0.140. The fourth-order valence-corrected chi connectivity index (χ4v) is 5.88. The number of nitrogens with two attached hydrogens (primary N) is 1. The van der Waals surface area contributed by atoms with Gasteiger partial charge >= 0.3 is 6.18 Å². The molecule has 0 spiro atoms. The summed E-state index contributed by atoms with van der Waals surface area (Å²) in [5.41, 5.74) is 4.65. The number of amides is 2. The van der Waals surface area contributed by atoms with Crippen LogP contribution in [-0.4, -0.2) is 70.1 Å². The van der Waals surface area contributed by atoms with Crippen molar-refractivity contribution in [2.24, 2.45) is 5.73 Å². The molecule has 2 aromatic carbocycles. The third-order valence-electron chi connectivity index (χ3n) is 6.32. The van der Waals surface area contributed by atoms with Crippen LogP contribution >= 0.6 is 11.6 Å². The first kappa shape index (κ1) is 28.9. The lowest BCUT2D eigenvalue weighted by Gasteiger charge is -2.34. The second-order valence-electron chi connectivity index (χ2n) is 9.03. The van der Waals surface area contributed by atoms with Crippen molar-refractivity contribution in [3.8, 4) is 0 Å². The largest absolute Gasteiger partial charge is 0.416 e. The van der Waals surface area contributed by atoms with E-state index in [1.54, 1.807) is 0 Å². The predicted molar refractivity (Wildman–Crippen MR) is 138 cm³/mol. The number of halogens is 4. The highest BCUT2D eigenvalue weighted by atomic mass is 35.5. The maximum atomic E-state index is 13.7. The van der Waals surface area contributed by atoms with Crippen molar-refractivity contribution >= 4 is 39.1 Å². The monoisotopic (exact) mass is 586 g/mol. The number of nitrogens with one attached hydrogen (secondary N) is 1. The summed E-state index contributed by atoms with van der Waals surface area (Å²) in [6.45, 7) is 0.406. The third-order valence-corrected chi connectivity index (χ3v) is 8.44. The van der Waals surface area contributed by atoms with E-state index in [0.717, 1.165) is 28.6 Å². The Morgan fingerprint density at radius 3 is 2.62 bits per heavy atom. The van der Waals surface area contributed by atoms with Gasteiger partial charge in [-0.2, -0.15) is 13.2 Å². The average molecular weight is 587 g/mol. The normalized spacial score (nSPS) is 23.6. The maximum absolute atomic E-state index is 13.7. The van der Waals surface area contributed by atoms with Crippen LogP contribution in [-0.2, 0) is 25.7 Å². The molecule has 39 heavy (non-hydrogen) atoms. The Morgan fingerprint density at radius 1 is 1.10 bits per heavy atom. The number of ether oxygens (including phenoxy) is 1. The first-order valence-electron chi connectivity index (χ1n) is 12.0. The van der Waals surface area contributed by atoms with Crippen molar-refractivity contribution in [2.75, 3.05) is 37.1 Å². The molecule has 3 N–H and O–H groups in total. The molecule has 9 nitrogen and oxygen atoms in total. The van der Waals surface area contributed by atoms with Crippen LogP contribution in [0.1, 0.15) is 22.3 Å². The summed E-state index contributed by atoms with van der Waals surface area (Å²) < 4.78 is 74.1. The van der Waals surface area contributed by atoms with Gasteiger partial charge in [0.1, 0.15) is 0 Å². The van der Waals surface area contributed by atoms with Crippen molar-refractivity contribution in [2.45, 2.75) is 29.6 Å². The Balaban J connectivity index is 1.78. The van der Waals surface area contributed by atoms with Crippen molar-refractivity contribution in [1.82, 2.24) is 10.2 Å². The van der Waals surface area contributed by atoms with Crippen molar-refractivity contribution < 1.29 is 35.9 Å². The Bertz CT molecular complexity index is 1390. The minimum absolute atomic E-state index is 0.0153. The van der Waals surface area contributed by atoms with Gasteiger partial charge < -0.3 is 20.7 Å². The summed E-state index contributed by atoms with van der Waals surface area (Å²) >= 11 is 6.20. The van der Waals surface area contributed by atoms with E-state index in [9.17, 15) is 31.2 Å². The summed E-state index contributed by atoms with van der Waals surface area (Å²) in [6.07, 6.45) is -2.24. The predicted octanol–water partition coefficient (Wildman–Crippen LogP) is 2.80. The van der Waals surface area contributed by atoms with Crippen LogP contribution in [0.5, 0.6) is 0 Å². The van der Waals surface area contributed by atoms with Gasteiger partial charge in [0.25, 0.3) is 15.9 Å². The molecule has 2 unspecified atom stereocenters.